The summed E-state index contributed by atoms with van der Waals surface area (Å²) < 4.78 is 49.5. The van der Waals surface area contributed by atoms with Crippen LogP contribution in [0.5, 0.6) is 11.5 Å². The third kappa shape index (κ3) is 26.4. The van der Waals surface area contributed by atoms with Crippen LogP contribution in [0, 0.1) is 0 Å². The van der Waals surface area contributed by atoms with Gasteiger partial charge in [-0.3, -0.25) is 0 Å². The monoisotopic (exact) mass is 436 g/mol. The van der Waals surface area contributed by atoms with Gasteiger partial charge in [-0.2, -0.15) is 0 Å². The summed E-state index contributed by atoms with van der Waals surface area (Å²) in [5.41, 5.74) is 0. The van der Waals surface area contributed by atoms with Gasteiger partial charge in [0.25, 0.3) is 0 Å². The summed E-state index contributed by atoms with van der Waals surface area (Å²) in [7, 11) is 2.17. The summed E-state index contributed by atoms with van der Waals surface area (Å²) in [5.74, 6) is 1.74. The predicted octanol–water partition coefficient (Wildman–Crippen LogP) is -2.63. The summed E-state index contributed by atoms with van der Waals surface area (Å²) in [5, 5.41) is 0. The van der Waals surface area contributed by atoms with Gasteiger partial charge in [0.05, 0.1) is 36.9 Å². The second-order valence-electron chi connectivity index (χ2n) is 3.47. The fourth-order valence-electron chi connectivity index (χ4n) is 1.11. The average Bonchev–Trinajstić information content (AvgIpc) is 2.66. The van der Waals surface area contributed by atoms with Gasteiger partial charge in [0, 0.05) is 0 Å². The molecule has 0 bridgehead atoms. The van der Waals surface area contributed by atoms with Gasteiger partial charge in [0.1, 0.15) is 11.5 Å². The molecule has 2 rings (SSSR count). The van der Waals surface area contributed by atoms with Crippen molar-refractivity contribution < 1.29 is 89.7 Å². The molecule has 2 unspecified atom stereocenters. The number of para-hydroxylation sites is 2. The molecule has 0 radical (unpaired) electrons. The van der Waals surface area contributed by atoms with Gasteiger partial charge >= 0.3 is 59.1 Å². The van der Waals surface area contributed by atoms with Crippen molar-refractivity contribution in [1.29, 1.82) is 0 Å². The van der Waals surface area contributed by atoms with E-state index in [0.29, 0.717) is 0 Å². The Morgan fingerprint density at radius 1 is 0.667 bits per heavy atom. The van der Waals surface area contributed by atoms with Gasteiger partial charge in [-0.1, -0.05) is 50.2 Å². The van der Waals surface area contributed by atoms with Crippen molar-refractivity contribution in [2.45, 2.75) is 13.8 Å². The zero-order valence-corrected chi connectivity index (χ0v) is 22.1. The van der Waals surface area contributed by atoms with Gasteiger partial charge in [0.2, 0.25) is 0 Å². The number of hydrogen-bond donors (Lipinski definition) is 0. The first-order chi connectivity index (χ1) is 12.0. The molecule has 0 heterocycles. The van der Waals surface area contributed by atoms with E-state index >= 15 is 0 Å². The van der Waals surface area contributed by atoms with Crippen LogP contribution in [-0.2, 0) is 31.1 Å². The molecule has 27 heavy (non-hydrogen) atoms. The molecule has 0 saturated heterocycles. The van der Waals surface area contributed by atoms with Crippen molar-refractivity contribution in [3.05, 3.63) is 60.7 Å². The van der Waals surface area contributed by atoms with Crippen LogP contribution in [0.2, 0.25) is 0 Å². The molecular weight excluding hydrogens is 414 g/mol. The maximum atomic E-state index is 9.15. The molecule has 0 fully saturated rings. The second-order valence-corrected chi connectivity index (χ2v) is 4.95. The van der Waals surface area contributed by atoms with E-state index in [0.717, 1.165) is 25.7 Å². The number of ether oxygens (including phenoxy) is 1. The molecule has 2 aromatic rings. The van der Waals surface area contributed by atoms with Crippen LogP contribution >= 0.6 is 0 Å². The fourth-order valence-corrected chi connectivity index (χ4v) is 1.11. The maximum Gasteiger partial charge on any atom is 1.00 e. The van der Waals surface area contributed by atoms with Gasteiger partial charge in [-0.25, -0.2) is 8.42 Å². The van der Waals surface area contributed by atoms with E-state index in [2.05, 4.69) is 8.37 Å². The molecule has 0 spiro atoms. The van der Waals surface area contributed by atoms with E-state index in [1.54, 1.807) is 0 Å². The minimum absolute atomic E-state index is 0. The van der Waals surface area contributed by atoms with Crippen LogP contribution in [0.3, 0.4) is 0 Å². The largest absolute Gasteiger partial charge is 1.00 e. The third-order valence-corrected chi connectivity index (χ3v) is 2.54. The molecule has 0 aliphatic carbocycles. The summed E-state index contributed by atoms with van der Waals surface area (Å²) in [6.07, 6.45) is 0. The number of rotatable bonds is 4. The Hall–Kier alpha value is 0.380. The van der Waals surface area contributed by atoms with E-state index in [1.807, 2.05) is 74.5 Å². The Balaban J connectivity index is -0.000000161. The number of benzene rings is 2. The normalized spacial score (nSPS) is 10.3. The van der Waals surface area contributed by atoms with Crippen molar-refractivity contribution in [3.8, 4) is 11.5 Å². The Labute approximate surface area is 210 Å². The standard InChI is InChI=1S/C12H10O.C2H6.2CH4O3S.2Na/c1-3-7-11(8-4-1)13-12-9-5-2-6-10-12;1-2;2*1-4-5(2)3;;/h1-10H;1-2H3;2*1H3,(H,2,3);;/q;;;;2*+1/p-2. The Kier molecular flexibility index (Phi) is 34.1. The molecule has 0 amide bonds. The second kappa shape index (κ2) is 26.4. The molecule has 0 aliphatic rings. The number of hydrogen-bond acceptors (Lipinski definition) is 7. The van der Waals surface area contributed by atoms with Crippen molar-refractivity contribution in [1.82, 2.24) is 0 Å². The van der Waals surface area contributed by atoms with E-state index in [9.17, 15) is 0 Å². The van der Waals surface area contributed by atoms with Crippen molar-refractivity contribution in [2.24, 2.45) is 0 Å². The summed E-state index contributed by atoms with van der Waals surface area (Å²) in [6, 6.07) is 19.5. The van der Waals surface area contributed by atoms with Crippen molar-refractivity contribution in [2.75, 3.05) is 14.2 Å². The van der Waals surface area contributed by atoms with E-state index in [4.69, 9.17) is 22.3 Å². The quantitative estimate of drug-likeness (QED) is 0.381. The van der Waals surface area contributed by atoms with Crippen LogP contribution in [0.4, 0.5) is 0 Å². The average molecular weight is 436 g/mol. The minimum atomic E-state index is -2.32. The fraction of sp³-hybridized carbons (Fsp3) is 0.250. The van der Waals surface area contributed by atoms with Gasteiger partial charge in [0.15, 0.2) is 0 Å². The summed E-state index contributed by atoms with van der Waals surface area (Å²) in [6.45, 7) is 4.00. The smallest absolute Gasteiger partial charge is 0.750 e. The molecule has 2 atom stereocenters. The van der Waals surface area contributed by atoms with Crippen LogP contribution in [-0.4, -0.2) is 31.7 Å². The maximum absolute atomic E-state index is 9.15. The molecule has 0 aromatic heterocycles. The van der Waals surface area contributed by atoms with E-state index in [1.165, 1.54) is 0 Å². The van der Waals surface area contributed by atoms with Gasteiger partial charge < -0.3 is 22.2 Å². The molecule has 11 heteroatoms. The predicted molar refractivity (Wildman–Crippen MR) is 96.2 cm³/mol. The zero-order chi connectivity index (χ0) is 19.5. The van der Waals surface area contributed by atoms with Crippen molar-refractivity contribution >= 4 is 22.7 Å². The SMILES string of the molecule is CC.COS(=O)[O-].COS(=O)[O-].[Na+].[Na+].c1ccc(Oc2ccccc2)cc1. The Morgan fingerprint density at radius 2 is 0.889 bits per heavy atom. The van der Waals surface area contributed by atoms with Crippen LogP contribution in [0.1, 0.15) is 13.8 Å². The van der Waals surface area contributed by atoms with Crippen LogP contribution in [0.15, 0.2) is 60.7 Å². The molecule has 0 saturated carbocycles. The molecule has 7 nitrogen and oxygen atoms in total. The van der Waals surface area contributed by atoms with Gasteiger partial charge in [-0.15, -0.1) is 0 Å². The molecular formula is C16H22Na2O7S2. The molecule has 0 aliphatic heterocycles. The first-order valence-electron chi connectivity index (χ1n) is 7.05. The van der Waals surface area contributed by atoms with Crippen LogP contribution < -0.4 is 63.9 Å². The van der Waals surface area contributed by atoms with Crippen molar-refractivity contribution in [3.63, 3.8) is 0 Å². The Bertz CT molecular complexity index is 524. The molecule has 2 aromatic carbocycles. The third-order valence-electron chi connectivity index (χ3n) is 1.99. The summed E-state index contributed by atoms with van der Waals surface area (Å²) >= 11 is -4.65. The minimum Gasteiger partial charge on any atom is -0.750 e. The Morgan fingerprint density at radius 3 is 1.07 bits per heavy atom. The molecule has 0 N–H and O–H groups in total. The molecule has 142 valence electrons. The zero-order valence-electron chi connectivity index (χ0n) is 16.4. The topological polar surface area (TPSA) is 108 Å². The van der Waals surface area contributed by atoms with E-state index < -0.39 is 22.7 Å². The van der Waals surface area contributed by atoms with E-state index in [-0.39, 0.29) is 59.1 Å². The summed E-state index contributed by atoms with van der Waals surface area (Å²) in [4.78, 5) is 0. The van der Waals surface area contributed by atoms with Crippen LogP contribution in [0.25, 0.3) is 0 Å². The first kappa shape index (κ1) is 34.9. The van der Waals surface area contributed by atoms with Gasteiger partial charge in [-0.05, 0) is 24.3 Å². The first-order valence-corrected chi connectivity index (χ1v) is 9.05.